The van der Waals surface area contributed by atoms with Crippen LogP contribution < -0.4 is 5.32 Å². The minimum atomic E-state index is -0.691. The predicted molar refractivity (Wildman–Crippen MR) is 52.0 cm³/mol. The predicted octanol–water partition coefficient (Wildman–Crippen LogP) is 1.36. The molecule has 74 valence electrons. The van der Waals surface area contributed by atoms with E-state index in [4.69, 9.17) is 5.11 Å². The second kappa shape index (κ2) is 3.65. The number of pyridine rings is 1. The van der Waals surface area contributed by atoms with E-state index in [-0.39, 0.29) is 12.0 Å². The van der Waals surface area contributed by atoms with Crippen molar-refractivity contribution in [3.05, 3.63) is 24.4 Å². The van der Waals surface area contributed by atoms with Crippen molar-refractivity contribution in [1.82, 2.24) is 4.98 Å². The van der Waals surface area contributed by atoms with E-state index in [1.807, 2.05) is 18.2 Å². The SMILES string of the molecule is O=C(O)[C@H]1C[C@H](Nc2ccccn2)C1. The Morgan fingerprint density at radius 1 is 1.50 bits per heavy atom. The number of carboxylic acid groups (broad SMARTS) is 1. The van der Waals surface area contributed by atoms with Crippen LogP contribution in [0.25, 0.3) is 0 Å². The summed E-state index contributed by atoms with van der Waals surface area (Å²) in [6.45, 7) is 0. The second-order valence-electron chi connectivity index (χ2n) is 3.56. The zero-order chi connectivity index (χ0) is 9.97. The van der Waals surface area contributed by atoms with Crippen molar-refractivity contribution >= 4 is 11.8 Å². The molecule has 1 aromatic rings. The molecule has 0 amide bonds. The van der Waals surface area contributed by atoms with Crippen LogP contribution in [0.5, 0.6) is 0 Å². The molecule has 0 radical (unpaired) electrons. The summed E-state index contributed by atoms with van der Waals surface area (Å²) in [6, 6.07) is 5.91. The maximum atomic E-state index is 10.5. The second-order valence-corrected chi connectivity index (χ2v) is 3.56. The molecule has 1 fully saturated rings. The van der Waals surface area contributed by atoms with Crippen LogP contribution in [0.15, 0.2) is 24.4 Å². The molecule has 1 aromatic heterocycles. The fourth-order valence-electron chi connectivity index (χ4n) is 1.59. The summed E-state index contributed by atoms with van der Waals surface area (Å²) in [5, 5.41) is 11.9. The van der Waals surface area contributed by atoms with Gasteiger partial charge < -0.3 is 10.4 Å². The number of carbonyl (C=O) groups is 1. The Bertz CT molecular complexity index is 320. The van der Waals surface area contributed by atoms with E-state index in [1.54, 1.807) is 6.20 Å². The Morgan fingerprint density at radius 3 is 2.86 bits per heavy atom. The first kappa shape index (κ1) is 8.99. The minimum Gasteiger partial charge on any atom is -0.481 e. The number of nitrogens with one attached hydrogen (secondary N) is 1. The Labute approximate surface area is 82.0 Å². The van der Waals surface area contributed by atoms with Gasteiger partial charge in [-0.2, -0.15) is 0 Å². The third-order valence-corrected chi connectivity index (χ3v) is 2.50. The zero-order valence-corrected chi connectivity index (χ0v) is 7.68. The smallest absolute Gasteiger partial charge is 0.306 e. The van der Waals surface area contributed by atoms with Crippen molar-refractivity contribution in [2.45, 2.75) is 18.9 Å². The molecule has 1 aliphatic rings. The maximum Gasteiger partial charge on any atom is 0.306 e. The summed E-state index contributed by atoms with van der Waals surface area (Å²) in [6.07, 6.45) is 3.12. The highest BCUT2D eigenvalue weighted by Gasteiger charge is 2.34. The highest BCUT2D eigenvalue weighted by atomic mass is 16.4. The van der Waals surface area contributed by atoms with Gasteiger partial charge in [-0.15, -0.1) is 0 Å². The summed E-state index contributed by atoms with van der Waals surface area (Å²) in [5.41, 5.74) is 0. The monoisotopic (exact) mass is 192 g/mol. The first-order valence-corrected chi connectivity index (χ1v) is 4.66. The summed E-state index contributed by atoms with van der Waals surface area (Å²) in [5.74, 6) is -0.0402. The van der Waals surface area contributed by atoms with Gasteiger partial charge in [-0.1, -0.05) is 6.07 Å². The number of nitrogens with zero attached hydrogens (tertiary/aromatic N) is 1. The summed E-state index contributed by atoms with van der Waals surface area (Å²) < 4.78 is 0. The molecule has 1 aliphatic carbocycles. The lowest BCUT2D eigenvalue weighted by atomic mass is 9.80. The molecule has 1 heterocycles. The summed E-state index contributed by atoms with van der Waals surface area (Å²) in [4.78, 5) is 14.6. The molecule has 0 atom stereocenters. The lowest BCUT2D eigenvalue weighted by molar-refractivity contribution is -0.144. The first-order chi connectivity index (χ1) is 6.75. The molecule has 0 saturated heterocycles. The van der Waals surface area contributed by atoms with E-state index in [0.717, 1.165) is 5.82 Å². The maximum absolute atomic E-state index is 10.5. The third-order valence-electron chi connectivity index (χ3n) is 2.50. The zero-order valence-electron chi connectivity index (χ0n) is 7.68. The molecule has 14 heavy (non-hydrogen) atoms. The molecular weight excluding hydrogens is 180 g/mol. The van der Waals surface area contributed by atoms with Crippen molar-refractivity contribution in [2.75, 3.05) is 5.32 Å². The lowest BCUT2D eigenvalue weighted by Gasteiger charge is -2.33. The van der Waals surface area contributed by atoms with Gasteiger partial charge in [0.1, 0.15) is 5.82 Å². The molecule has 1 saturated carbocycles. The van der Waals surface area contributed by atoms with Crippen molar-refractivity contribution in [3.63, 3.8) is 0 Å². The fourth-order valence-corrected chi connectivity index (χ4v) is 1.59. The highest BCUT2D eigenvalue weighted by Crippen LogP contribution is 2.29. The van der Waals surface area contributed by atoms with Gasteiger partial charge in [0.2, 0.25) is 0 Å². The average Bonchev–Trinajstić information content (AvgIpc) is 2.12. The molecule has 0 bridgehead atoms. The molecule has 2 N–H and O–H groups in total. The largest absolute Gasteiger partial charge is 0.481 e. The van der Waals surface area contributed by atoms with E-state index >= 15 is 0 Å². The standard InChI is InChI=1S/C10H12N2O2/c13-10(14)7-5-8(6-7)12-9-3-1-2-4-11-9/h1-4,7-8H,5-6H2,(H,11,12)(H,13,14)/t7-,8-. The highest BCUT2D eigenvalue weighted by molar-refractivity contribution is 5.71. The van der Waals surface area contributed by atoms with Gasteiger partial charge in [-0.25, -0.2) is 4.98 Å². The first-order valence-electron chi connectivity index (χ1n) is 4.66. The minimum absolute atomic E-state index is 0.170. The third kappa shape index (κ3) is 1.84. The summed E-state index contributed by atoms with van der Waals surface area (Å²) in [7, 11) is 0. The van der Waals surface area contributed by atoms with E-state index in [1.165, 1.54) is 0 Å². The van der Waals surface area contributed by atoms with Crippen LogP contribution in [-0.2, 0) is 4.79 Å². The number of hydrogen-bond donors (Lipinski definition) is 2. The Balaban J connectivity index is 1.82. The van der Waals surface area contributed by atoms with Crippen molar-refractivity contribution < 1.29 is 9.90 Å². The fraction of sp³-hybridized carbons (Fsp3) is 0.400. The molecule has 0 aliphatic heterocycles. The molecule has 4 heteroatoms. The van der Waals surface area contributed by atoms with Crippen molar-refractivity contribution in [3.8, 4) is 0 Å². The quantitative estimate of drug-likeness (QED) is 0.759. The van der Waals surface area contributed by atoms with Crippen LogP contribution in [0, 0.1) is 5.92 Å². The van der Waals surface area contributed by atoms with Crippen LogP contribution in [-0.4, -0.2) is 22.1 Å². The Hall–Kier alpha value is -1.58. The number of rotatable bonds is 3. The molecule has 0 aromatic carbocycles. The number of aromatic nitrogens is 1. The van der Waals surface area contributed by atoms with Crippen LogP contribution in [0.2, 0.25) is 0 Å². The van der Waals surface area contributed by atoms with Gasteiger partial charge in [-0.05, 0) is 25.0 Å². The number of carboxylic acids is 1. The van der Waals surface area contributed by atoms with Gasteiger partial charge in [0.15, 0.2) is 0 Å². The molecule has 2 rings (SSSR count). The molecule has 4 nitrogen and oxygen atoms in total. The Morgan fingerprint density at radius 2 is 2.29 bits per heavy atom. The van der Waals surface area contributed by atoms with E-state index in [2.05, 4.69) is 10.3 Å². The van der Waals surface area contributed by atoms with Crippen LogP contribution >= 0.6 is 0 Å². The lowest BCUT2D eigenvalue weighted by Crippen LogP contribution is -2.39. The van der Waals surface area contributed by atoms with Gasteiger partial charge >= 0.3 is 5.97 Å². The van der Waals surface area contributed by atoms with E-state index in [0.29, 0.717) is 12.8 Å². The molecular formula is C10H12N2O2. The van der Waals surface area contributed by atoms with E-state index < -0.39 is 5.97 Å². The van der Waals surface area contributed by atoms with E-state index in [9.17, 15) is 4.79 Å². The number of aliphatic carboxylic acids is 1. The van der Waals surface area contributed by atoms with Crippen LogP contribution in [0.1, 0.15) is 12.8 Å². The van der Waals surface area contributed by atoms with Crippen LogP contribution in [0.4, 0.5) is 5.82 Å². The topological polar surface area (TPSA) is 62.2 Å². The number of anilines is 1. The average molecular weight is 192 g/mol. The normalized spacial score (nSPS) is 25.1. The molecule has 0 spiro atoms. The molecule has 0 unspecified atom stereocenters. The van der Waals surface area contributed by atoms with Gasteiger partial charge in [0.25, 0.3) is 0 Å². The van der Waals surface area contributed by atoms with Gasteiger partial charge in [0.05, 0.1) is 5.92 Å². The Kier molecular flexibility index (Phi) is 2.35. The van der Waals surface area contributed by atoms with Gasteiger partial charge in [-0.3, -0.25) is 4.79 Å². The van der Waals surface area contributed by atoms with Crippen molar-refractivity contribution in [2.24, 2.45) is 5.92 Å². The van der Waals surface area contributed by atoms with Crippen LogP contribution in [0.3, 0.4) is 0 Å². The van der Waals surface area contributed by atoms with Gasteiger partial charge in [0, 0.05) is 12.2 Å². The van der Waals surface area contributed by atoms with Crippen molar-refractivity contribution in [1.29, 1.82) is 0 Å². The summed E-state index contributed by atoms with van der Waals surface area (Å²) >= 11 is 0. The number of hydrogen-bond acceptors (Lipinski definition) is 3.